The molecule has 0 unspecified atom stereocenters. The van der Waals surface area contributed by atoms with Crippen LogP contribution in [0.1, 0.15) is 31.4 Å². The van der Waals surface area contributed by atoms with E-state index in [2.05, 4.69) is 4.98 Å². The first kappa shape index (κ1) is 11.6. The summed E-state index contributed by atoms with van der Waals surface area (Å²) in [5.74, 6) is -1.14. The number of amides is 1. The van der Waals surface area contributed by atoms with E-state index in [-0.39, 0.29) is 11.9 Å². The zero-order chi connectivity index (χ0) is 12.4. The molecule has 1 N–H and O–H groups in total. The van der Waals surface area contributed by atoms with Gasteiger partial charge in [-0.05, 0) is 24.5 Å². The van der Waals surface area contributed by atoms with Crippen LogP contribution >= 0.6 is 0 Å². The van der Waals surface area contributed by atoms with E-state index >= 15 is 0 Å². The van der Waals surface area contributed by atoms with Crippen molar-refractivity contribution in [2.75, 3.05) is 0 Å². The zero-order valence-corrected chi connectivity index (χ0v) is 9.54. The highest BCUT2D eigenvalue weighted by Gasteiger charge is 2.40. The lowest BCUT2D eigenvalue weighted by Crippen LogP contribution is -2.40. The summed E-state index contributed by atoms with van der Waals surface area (Å²) in [5, 5.41) is 9.09. The summed E-state index contributed by atoms with van der Waals surface area (Å²) in [5.41, 5.74) is 0.895. The molecule has 1 saturated heterocycles. The molecule has 1 aliphatic heterocycles. The summed E-state index contributed by atoms with van der Waals surface area (Å²) >= 11 is 0. The predicted octanol–water partition coefficient (Wildman–Crippen LogP) is 1.22. The lowest BCUT2D eigenvalue weighted by atomic mass is 10.1. The number of likely N-dealkylation sites (tertiary alicyclic amines) is 1. The van der Waals surface area contributed by atoms with Gasteiger partial charge in [0.15, 0.2) is 0 Å². The number of carbonyl (C=O) groups excluding carboxylic acids is 1. The fourth-order valence-electron chi connectivity index (χ4n) is 2.39. The van der Waals surface area contributed by atoms with Gasteiger partial charge in [0.2, 0.25) is 5.91 Å². The number of carboxylic acids is 1. The molecule has 0 bridgehead atoms. The summed E-state index contributed by atoms with van der Waals surface area (Å²) < 4.78 is 0. The summed E-state index contributed by atoms with van der Waals surface area (Å²) in [7, 11) is 0. The van der Waals surface area contributed by atoms with Crippen molar-refractivity contribution < 1.29 is 14.7 Å². The van der Waals surface area contributed by atoms with Crippen LogP contribution in [0, 0.1) is 0 Å². The van der Waals surface area contributed by atoms with Gasteiger partial charge in [0.25, 0.3) is 0 Å². The molecule has 2 rings (SSSR count). The second-order valence-corrected chi connectivity index (χ2v) is 4.16. The smallest absolute Gasteiger partial charge is 0.326 e. The van der Waals surface area contributed by atoms with E-state index < -0.39 is 12.0 Å². The van der Waals surface area contributed by atoms with Crippen molar-refractivity contribution in [2.45, 2.75) is 31.8 Å². The van der Waals surface area contributed by atoms with Crippen LogP contribution in [0.25, 0.3) is 0 Å². The molecule has 5 heteroatoms. The Kier molecular flexibility index (Phi) is 3.08. The Labute approximate surface area is 99.1 Å². The molecule has 1 aliphatic rings. The number of carboxylic acid groups (broad SMARTS) is 1. The van der Waals surface area contributed by atoms with Crippen molar-refractivity contribution >= 4 is 11.9 Å². The van der Waals surface area contributed by atoms with Crippen LogP contribution in [0.5, 0.6) is 0 Å². The van der Waals surface area contributed by atoms with Crippen LogP contribution in [0.4, 0.5) is 0 Å². The normalized spacial score (nSPS) is 23.7. The van der Waals surface area contributed by atoms with E-state index in [1.54, 1.807) is 18.5 Å². The summed E-state index contributed by atoms with van der Waals surface area (Å²) in [6.45, 7) is 1.41. The number of carbonyl (C=O) groups is 2. The van der Waals surface area contributed by atoms with Crippen molar-refractivity contribution in [3.05, 3.63) is 30.1 Å². The maximum absolute atomic E-state index is 11.6. The van der Waals surface area contributed by atoms with E-state index in [4.69, 9.17) is 5.11 Å². The minimum absolute atomic E-state index is 0.165. The Morgan fingerprint density at radius 1 is 1.47 bits per heavy atom. The van der Waals surface area contributed by atoms with E-state index in [0.29, 0.717) is 12.8 Å². The molecule has 0 aromatic carbocycles. The van der Waals surface area contributed by atoms with Gasteiger partial charge < -0.3 is 10.0 Å². The lowest BCUT2D eigenvalue weighted by Gasteiger charge is -2.27. The number of aliphatic carboxylic acids is 1. The Hall–Kier alpha value is -1.91. The highest BCUT2D eigenvalue weighted by Crippen LogP contribution is 2.35. The molecular formula is C12H14N2O3. The van der Waals surface area contributed by atoms with E-state index in [0.717, 1.165) is 5.56 Å². The van der Waals surface area contributed by atoms with E-state index in [1.807, 2.05) is 6.07 Å². The minimum atomic E-state index is -0.938. The van der Waals surface area contributed by atoms with Crippen LogP contribution in [-0.2, 0) is 9.59 Å². The summed E-state index contributed by atoms with van der Waals surface area (Å²) in [4.78, 5) is 28.1. The van der Waals surface area contributed by atoms with Crippen molar-refractivity contribution in [3.8, 4) is 0 Å². The molecule has 0 aliphatic carbocycles. The maximum atomic E-state index is 11.6. The molecule has 0 saturated carbocycles. The summed E-state index contributed by atoms with van der Waals surface area (Å²) in [6, 6.07) is 2.79. The average molecular weight is 234 g/mol. The molecule has 5 nitrogen and oxygen atoms in total. The highest BCUT2D eigenvalue weighted by atomic mass is 16.4. The van der Waals surface area contributed by atoms with Crippen LogP contribution < -0.4 is 0 Å². The van der Waals surface area contributed by atoms with Gasteiger partial charge in [-0.15, -0.1) is 0 Å². The number of aromatic nitrogens is 1. The molecule has 2 heterocycles. The molecule has 17 heavy (non-hydrogen) atoms. The van der Waals surface area contributed by atoms with Gasteiger partial charge in [0.1, 0.15) is 6.04 Å². The average Bonchev–Trinajstić information content (AvgIpc) is 2.74. The Bertz CT molecular complexity index is 433. The van der Waals surface area contributed by atoms with Crippen molar-refractivity contribution in [3.63, 3.8) is 0 Å². The predicted molar refractivity (Wildman–Crippen MR) is 60.2 cm³/mol. The van der Waals surface area contributed by atoms with Gasteiger partial charge in [-0.25, -0.2) is 4.79 Å². The second-order valence-electron chi connectivity index (χ2n) is 4.16. The fraction of sp³-hybridized carbons (Fsp3) is 0.417. The van der Waals surface area contributed by atoms with Gasteiger partial charge in [-0.3, -0.25) is 9.78 Å². The number of nitrogens with zero attached hydrogens (tertiary/aromatic N) is 2. The zero-order valence-electron chi connectivity index (χ0n) is 9.54. The Balaban J connectivity index is 2.30. The number of pyridine rings is 1. The Morgan fingerprint density at radius 2 is 2.24 bits per heavy atom. The van der Waals surface area contributed by atoms with Crippen LogP contribution in [-0.4, -0.2) is 32.9 Å². The van der Waals surface area contributed by atoms with Crippen molar-refractivity contribution in [2.24, 2.45) is 0 Å². The van der Waals surface area contributed by atoms with Crippen molar-refractivity contribution in [1.29, 1.82) is 0 Å². The molecule has 1 aromatic heterocycles. The van der Waals surface area contributed by atoms with E-state index in [9.17, 15) is 9.59 Å². The van der Waals surface area contributed by atoms with Gasteiger partial charge in [0, 0.05) is 19.3 Å². The van der Waals surface area contributed by atoms with Gasteiger partial charge in [-0.1, -0.05) is 6.07 Å². The third-order valence-corrected chi connectivity index (χ3v) is 3.10. The topological polar surface area (TPSA) is 70.5 Å². The molecule has 90 valence electrons. The SMILES string of the molecule is CC(=O)N1[C@@H](C(=O)O)CC[C@H]1c1cccnc1. The summed E-state index contributed by atoms with van der Waals surface area (Å²) in [6.07, 6.45) is 4.51. The number of rotatable bonds is 2. The third-order valence-electron chi connectivity index (χ3n) is 3.10. The first-order chi connectivity index (χ1) is 8.11. The fourth-order valence-corrected chi connectivity index (χ4v) is 2.39. The largest absolute Gasteiger partial charge is 0.480 e. The second kappa shape index (κ2) is 4.53. The molecule has 0 radical (unpaired) electrons. The van der Waals surface area contributed by atoms with Crippen LogP contribution in [0.15, 0.2) is 24.5 Å². The molecule has 0 spiro atoms. The first-order valence-electron chi connectivity index (χ1n) is 5.53. The minimum Gasteiger partial charge on any atom is -0.480 e. The molecule has 1 amide bonds. The number of hydrogen-bond acceptors (Lipinski definition) is 3. The molecule has 1 fully saturated rings. The lowest BCUT2D eigenvalue weighted by molar-refractivity contribution is -0.148. The van der Waals surface area contributed by atoms with Gasteiger partial charge in [-0.2, -0.15) is 0 Å². The standard InChI is InChI=1S/C12H14N2O3/c1-8(15)14-10(4-5-11(14)12(16)17)9-3-2-6-13-7-9/h2-3,6-7,10-11H,4-5H2,1H3,(H,16,17)/t10-,11+/m0/s1. The molecule has 2 atom stereocenters. The van der Waals surface area contributed by atoms with Gasteiger partial charge in [0.05, 0.1) is 6.04 Å². The van der Waals surface area contributed by atoms with Crippen molar-refractivity contribution in [1.82, 2.24) is 9.88 Å². The highest BCUT2D eigenvalue weighted by molar-refractivity contribution is 5.83. The third kappa shape index (κ3) is 2.13. The molecule has 1 aromatic rings. The monoisotopic (exact) mass is 234 g/mol. The van der Waals surface area contributed by atoms with Crippen LogP contribution in [0.3, 0.4) is 0 Å². The first-order valence-corrected chi connectivity index (χ1v) is 5.53. The molecular weight excluding hydrogens is 220 g/mol. The maximum Gasteiger partial charge on any atom is 0.326 e. The van der Waals surface area contributed by atoms with Crippen LogP contribution in [0.2, 0.25) is 0 Å². The Morgan fingerprint density at radius 3 is 2.76 bits per heavy atom. The van der Waals surface area contributed by atoms with Gasteiger partial charge >= 0.3 is 5.97 Å². The quantitative estimate of drug-likeness (QED) is 0.835. The number of hydrogen-bond donors (Lipinski definition) is 1. The van der Waals surface area contributed by atoms with E-state index in [1.165, 1.54) is 11.8 Å².